The van der Waals surface area contributed by atoms with Crippen LogP contribution in [0.4, 0.5) is 14.9 Å². The van der Waals surface area contributed by atoms with Gasteiger partial charge in [-0.2, -0.15) is 5.26 Å². The van der Waals surface area contributed by atoms with Crippen molar-refractivity contribution in [2.24, 2.45) is 0 Å². The molecule has 1 aliphatic heterocycles. The monoisotopic (exact) mass is 378 g/mol. The van der Waals surface area contributed by atoms with Crippen LogP contribution in [0.15, 0.2) is 48.5 Å². The molecule has 0 aromatic heterocycles. The van der Waals surface area contributed by atoms with Gasteiger partial charge in [0, 0.05) is 43.8 Å². The van der Waals surface area contributed by atoms with Gasteiger partial charge in [-0.05, 0) is 54.8 Å². The van der Waals surface area contributed by atoms with E-state index in [1.54, 1.807) is 12.1 Å². The first-order valence-corrected chi connectivity index (χ1v) is 9.70. The van der Waals surface area contributed by atoms with Crippen LogP contribution in [0.1, 0.15) is 29.9 Å². The van der Waals surface area contributed by atoms with Crippen LogP contribution in [-0.2, 0) is 0 Å². The van der Waals surface area contributed by atoms with Crippen LogP contribution in [0.25, 0.3) is 0 Å². The first-order valence-electron chi connectivity index (χ1n) is 9.70. The molecule has 2 aromatic rings. The number of hydrogen-bond donors (Lipinski definition) is 1. The zero-order valence-electron chi connectivity index (χ0n) is 15.6. The van der Waals surface area contributed by atoms with Crippen molar-refractivity contribution < 1.29 is 9.18 Å². The van der Waals surface area contributed by atoms with Gasteiger partial charge in [0.15, 0.2) is 0 Å². The average molecular weight is 378 g/mol. The van der Waals surface area contributed by atoms with E-state index in [1.165, 1.54) is 6.07 Å². The van der Waals surface area contributed by atoms with Gasteiger partial charge in [-0.25, -0.2) is 9.18 Å². The number of nitriles is 1. The second-order valence-electron chi connectivity index (χ2n) is 7.44. The molecule has 5 nitrogen and oxygen atoms in total. The van der Waals surface area contributed by atoms with Gasteiger partial charge in [0.05, 0.1) is 11.6 Å². The highest BCUT2D eigenvalue weighted by atomic mass is 19.1. The second kappa shape index (κ2) is 7.89. The third-order valence-electron chi connectivity index (χ3n) is 5.52. The number of benzene rings is 2. The largest absolute Gasteiger partial charge is 0.370 e. The zero-order valence-corrected chi connectivity index (χ0v) is 15.6. The smallest absolute Gasteiger partial charge is 0.317 e. The molecule has 1 N–H and O–H groups in total. The highest BCUT2D eigenvalue weighted by Gasteiger charge is 2.40. The number of carbonyl (C=O) groups is 1. The quantitative estimate of drug-likeness (QED) is 0.890. The molecule has 2 aromatic carbocycles. The van der Waals surface area contributed by atoms with Crippen LogP contribution < -0.4 is 10.2 Å². The Morgan fingerprint density at radius 3 is 2.68 bits per heavy atom. The maximum atomic E-state index is 13.4. The molecular formula is C22H23FN4O. The number of amides is 2. The molecule has 2 atom stereocenters. The van der Waals surface area contributed by atoms with Gasteiger partial charge in [0.2, 0.25) is 0 Å². The number of rotatable bonds is 3. The molecule has 1 aliphatic carbocycles. The lowest BCUT2D eigenvalue weighted by Gasteiger charge is -2.24. The number of halogens is 1. The molecule has 2 unspecified atom stereocenters. The maximum Gasteiger partial charge on any atom is 0.317 e. The fourth-order valence-corrected chi connectivity index (χ4v) is 3.84. The van der Waals surface area contributed by atoms with Crippen molar-refractivity contribution in [2.75, 3.05) is 31.1 Å². The number of anilines is 1. The number of nitrogens with one attached hydrogen (secondary N) is 1. The van der Waals surface area contributed by atoms with E-state index in [9.17, 15) is 9.18 Å². The summed E-state index contributed by atoms with van der Waals surface area (Å²) >= 11 is 0. The van der Waals surface area contributed by atoms with Crippen LogP contribution in [0, 0.1) is 17.1 Å². The van der Waals surface area contributed by atoms with Crippen LogP contribution in [-0.4, -0.2) is 43.2 Å². The Bertz CT molecular complexity index is 892. The van der Waals surface area contributed by atoms with Gasteiger partial charge >= 0.3 is 6.03 Å². The van der Waals surface area contributed by atoms with E-state index in [0.29, 0.717) is 12.1 Å². The number of nitrogens with zero attached hydrogens (tertiary/aromatic N) is 3. The van der Waals surface area contributed by atoms with Crippen molar-refractivity contribution in [1.82, 2.24) is 10.2 Å². The van der Waals surface area contributed by atoms with Gasteiger partial charge in [0.1, 0.15) is 5.82 Å². The van der Waals surface area contributed by atoms with Gasteiger partial charge in [-0.15, -0.1) is 0 Å². The van der Waals surface area contributed by atoms with E-state index < -0.39 is 0 Å². The van der Waals surface area contributed by atoms with Crippen LogP contribution in [0.5, 0.6) is 0 Å². The maximum absolute atomic E-state index is 13.4. The minimum Gasteiger partial charge on any atom is -0.370 e. The van der Waals surface area contributed by atoms with E-state index in [-0.39, 0.29) is 23.8 Å². The molecule has 1 saturated heterocycles. The summed E-state index contributed by atoms with van der Waals surface area (Å²) in [6.45, 7) is 3.02. The molecule has 0 bridgehead atoms. The summed E-state index contributed by atoms with van der Waals surface area (Å²) in [6, 6.07) is 16.4. The molecule has 4 rings (SSSR count). The van der Waals surface area contributed by atoms with Crippen molar-refractivity contribution in [3.05, 3.63) is 65.5 Å². The fourth-order valence-electron chi connectivity index (χ4n) is 3.84. The molecule has 0 radical (unpaired) electrons. The SMILES string of the molecule is N#Cc1ccc(N2CCCN(C(=O)NC3CC3c3cccc(F)c3)CC2)cc1. The van der Waals surface area contributed by atoms with Crippen molar-refractivity contribution in [1.29, 1.82) is 5.26 Å². The first-order chi connectivity index (χ1) is 13.6. The minimum absolute atomic E-state index is 0.0365. The Labute approximate surface area is 164 Å². The lowest BCUT2D eigenvalue weighted by Crippen LogP contribution is -2.43. The van der Waals surface area contributed by atoms with Crippen molar-refractivity contribution in [3.8, 4) is 6.07 Å². The van der Waals surface area contributed by atoms with E-state index in [0.717, 1.165) is 43.7 Å². The molecule has 2 amide bonds. The third kappa shape index (κ3) is 4.09. The molecule has 144 valence electrons. The van der Waals surface area contributed by atoms with Crippen molar-refractivity contribution >= 4 is 11.7 Å². The molecule has 1 heterocycles. The average Bonchev–Trinajstić information content (AvgIpc) is 3.51. The van der Waals surface area contributed by atoms with Gasteiger partial charge in [-0.3, -0.25) is 0 Å². The number of carbonyl (C=O) groups excluding carboxylic acids is 1. The summed E-state index contributed by atoms with van der Waals surface area (Å²) in [5.74, 6) is -0.0216. The van der Waals surface area contributed by atoms with E-state index in [1.807, 2.05) is 35.2 Å². The summed E-state index contributed by atoms with van der Waals surface area (Å²) < 4.78 is 13.4. The highest BCUT2D eigenvalue weighted by Crippen LogP contribution is 2.41. The van der Waals surface area contributed by atoms with Crippen LogP contribution in [0.2, 0.25) is 0 Å². The van der Waals surface area contributed by atoms with Crippen molar-refractivity contribution in [2.45, 2.75) is 24.8 Å². The molecule has 0 spiro atoms. The van der Waals surface area contributed by atoms with E-state index in [4.69, 9.17) is 5.26 Å². The molecule has 6 heteroatoms. The van der Waals surface area contributed by atoms with Gasteiger partial charge in [-0.1, -0.05) is 12.1 Å². The Hall–Kier alpha value is -3.07. The molecule has 1 saturated carbocycles. The first kappa shape index (κ1) is 18.3. The standard InChI is InChI=1S/C22H23FN4O/c23-18-4-1-3-17(13-18)20-14-21(20)25-22(28)27-10-2-9-26(11-12-27)19-7-5-16(15-24)6-8-19/h1,3-8,13,20-21H,2,9-12,14H2,(H,25,28). The lowest BCUT2D eigenvalue weighted by atomic mass is 10.1. The summed E-state index contributed by atoms with van der Waals surface area (Å²) in [5.41, 5.74) is 2.68. The summed E-state index contributed by atoms with van der Waals surface area (Å²) in [7, 11) is 0. The van der Waals surface area contributed by atoms with Crippen LogP contribution >= 0.6 is 0 Å². The Balaban J connectivity index is 1.30. The zero-order chi connectivity index (χ0) is 19.5. The lowest BCUT2D eigenvalue weighted by molar-refractivity contribution is 0.201. The fraction of sp³-hybridized carbons (Fsp3) is 0.364. The minimum atomic E-state index is -0.232. The van der Waals surface area contributed by atoms with Gasteiger partial charge in [0.25, 0.3) is 0 Å². The summed E-state index contributed by atoms with van der Waals surface area (Å²) in [4.78, 5) is 16.8. The second-order valence-corrected chi connectivity index (χ2v) is 7.44. The normalized spacial score (nSPS) is 21.6. The summed E-state index contributed by atoms with van der Waals surface area (Å²) in [6.07, 6.45) is 1.76. The van der Waals surface area contributed by atoms with Crippen molar-refractivity contribution in [3.63, 3.8) is 0 Å². The molecular weight excluding hydrogens is 355 g/mol. The Kier molecular flexibility index (Phi) is 5.16. The predicted molar refractivity (Wildman–Crippen MR) is 106 cm³/mol. The molecule has 28 heavy (non-hydrogen) atoms. The topological polar surface area (TPSA) is 59.4 Å². The summed E-state index contributed by atoms with van der Waals surface area (Å²) in [5, 5.41) is 12.0. The Morgan fingerprint density at radius 1 is 1.11 bits per heavy atom. The highest BCUT2D eigenvalue weighted by molar-refractivity contribution is 5.75. The van der Waals surface area contributed by atoms with E-state index >= 15 is 0 Å². The van der Waals surface area contributed by atoms with E-state index in [2.05, 4.69) is 16.3 Å². The molecule has 2 fully saturated rings. The van der Waals surface area contributed by atoms with Crippen LogP contribution in [0.3, 0.4) is 0 Å². The predicted octanol–water partition coefficient (Wildman–Crippen LogP) is 3.48. The molecule has 2 aliphatic rings. The third-order valence-corrected chi connectivity index (χ3v) is 5.52. The van der Waals surface area contributed by atoms with Gasteiger partial charge < -0.3 is 15.1 Å². The number of hydrogen-bond acceptors (Lipinski definition) is 3. The number of urea groups is 1. The Morgan fingerprint density at radius 2 is 1.93 bits per heavy atom.